The van der Waals surface area contributed by atoms with Gasteiger partial charge in [0.2, 0.25) is 0 Å². The Kier molecular flexibility index (Phi) is 3.91. The van der Waals surface area contributed by atoms with Crippen molar-refractivity contribution in [2.45, 2.75) is 26.2 Å². The number of carbonyl (C=O) groups excluding carboxylic acids is 1. The lowest BCUT2D eigenvalue weighted by atomic mass is 10.0. The minimum absolute atomic E-state index is 0.310. The number of methoxy groups -OCH3 is 1. The number of thiazole rings is 1. The molecule has 0 N–H and O–H groups in total. The van der Waals surface area contributed by atoms with Crippen molar-refractivity contribution in [1.82, 2.24) is 9.97 Å². The van der Waals surface area contributed by atoms with E-state index >= 15 is 0 Å². The van der Waals surface area contributed by atoms with Crippen LogP contribution in [0.1, 0.15) is 40.2 Å². The Morgan fingerprint density at radius 3 is 3.05 bits per heavy atom. The average Bonchev–Trinajstić information content (AvgIpc) is 3.09. The third-order valence-electron chi connectivity index (χ3n) is 3.74. The van der Waals surface area contributed by atoms with Gasteiger partial charge in [-0.1, -0.05) is 11.3 Å². The van der Waals surface area contributed by atoms with Crippen molar-refractivity contribution in [2.75, 3.05) is 20.3 Å². The fourth-order valence-corrected chi connectivity index (χ4v) is 3.52. The van der Waals surface area contributed by atoms with Crippen LogP contribution >= 0.6 is 11.3 Å². The summed E-state index contributed by atoms with van der Waals surface area (Å²) in [5.74, 6) is 0.461. The average molecular weight is 306 g/mol. The van der Waals surface area contributed by atoms with Crippen molar-refractivity contribution in [3.05, 3.63) is 22.3 Å². The maximum absolute atomic E-state index is 12.2. The zero-order valence-electron chi connectivity index (χ0n) is 12.4. The van der Waals surface area contributed by atoms with Gasteiger partial charge >= 0.3 is 5.97 Å². The second kappa shape index (κ2) is 5.69. The molecule has 2 atom stereocenters. The summed E-state index contributed by atoms with van der Waals surface area (Å²) >= 11 is 1.55. The van der Waals surface area contributed by atoms with Crippen molar-refractivity contribution < 1.29 is 14.3 Å². The molecule has 5 nitrogen and oxygen atoms in total. The smallest absolute Gasteiger partial charge is 0.340 e. The number of aromatic nitrogens is 2. The molecule has 0 spiro atoms. The molecule has 112 valence electrons. The van der Waals surface area contributed by atoms with Gasteiger partial charge in [0, 0.05) is 25.5 Å². The van der Waals surface area contributed by atoms with E-state index in [1.165, 1.54) is 0 Å². The zero-order valence-corrected chi connectivity index (χ0v) is 13.2. The van der Waals surface area contributed by atoms with E-state index in [1.54, 1.807) is 31.6 Å². The maximum Gasteiger partial charge on any atom is 0.340 e. The predicted octanol–water partition coefficient (Wildman–Crippen LogP) is 2.93. The fraction of sp³-hybridized carbons (Fsp3) is 0.533. The third kappa shape index (κ3) is 2.65. The number of ether oxygens (including phenoxy) is 2. The Balaban J connectivity index is 2.07. The molecule has 1 fully saturated rings. The number of pyridine rings is 1. The summed E-state index contributed by atoms with van der Waals surface area (Å²) in [6.07, 6.45) is 2.66. The molecule has 0 aromatic carbocycles. The summed E-state index contributed by atoms with van der Waals surface area (Å²) < 4.78 is 10.4. The summed E-state index contributed by atoms with van der Waals surface area (Å²) in [4.78, 5) is 22.0. The highest BCUT2D eigenvalue weighted by Crippen LogP contribution is 2.50. The minimum Gasteiger partial charge on any atom is -0.462 e. The molecular weight excluding hydrogens is 288 g/mol. The van der Waals surface area contributed by atoms with Crippen LogP contribution in [0.4, 0.5) is 0 Å². The van der Waals surface area contributed by atoms with Crippen molar-refractivity contribution >= 4 is 27.7 Å². The second-order valence-electron chi connectivity index (χ2n) is 5.25. The Hall–Kier alpha value is -1.53. The third-order valence-corrected chi connectivity index (χ3v) is 4.62. The van der Waals surface area contributed by atoms with Crippen LogP contribution in [0.25, 0.3) is 10.3 Å². The number of rotatable bonds is 5. The van der Waals surface area contributed by atoms with Gasteiger partial charge in [0.15, 0.2) is 0 Å². The van der Waals surface area contributed by atoms with E-state index in [0.29, 0.717) is 30.6 Å². The summed E-state index contributed by atoms with van der Waals surface area (Å²) in [7, 11) is 1.71. The summed E-state index contributed by atoms with van der Waals surface area (Å²) in [5.41, 5.74) is 2.40. The number of hydrogen-bond donors (Lipinski definition) is 0. The van der Waals surface area contributed by atoms with Crippen molar-refractivity contribution in [3.8, 4) is 0 Å². The molecule has 0 bridgehead atoms. The molecule has 1 aliphatic carbocycles. The first-order valence-corrected chi connectivity index (χ1v) is 7.89. The van der Waals surface area contributed by atoms with Gasteiger partial charge < -0.3 is 9.47 Å². The summed E-state index contributed by atoms with van der Waals surface area (Å²) in [5, 5.41) is 0.962. The van der Waals surface area contributed by atoms with E-state index in [2.05, 4.69) is 9.97 Å². The molecule has 0 unspecified atom stereocenters. The van der Waals surface area contributed by atoms with E-state index in [0.717, 1.165) is 27.3 Å². The standard InChI is InChI=1S/C15H18N2O3S/c1-4-20-15(18)11-6-16-14-13(17-8(2)21-14)12(11)10-5-9(10)7-19-3/h6,9-10H,4-5,7H2,1-3H3/t9-,10+/m1/s1. The molecule has 0 amide bonds. The molecule has 0 radical (unpaired) electrons. The Morgan fingerprint density at radius 2 is 2.33 bits per heavy atom. The topological polar surface area (TPSA) is 61.3 Å². The van der Waals surface area contributed by atoms with Gasteiger partial charge in [-0.3, -0.25) is 0 Å². The van der Waals surface area contributed by atoms with Crippen LogP contribution in [0.5, 0.6) is 0 Å². The number of nitrogens with zero attached hydrogens (tertiary/aromatic N) is 2. The minimum atomic E-state index is -0.310. The van der Waals surface area contributed by atoms with Crippen LogP contribution in [-0.4, -0.2) is 36.3 Å². The molecule has 2 aromatic heterocycles. The number of fused-ring (bicyclic) bond motifs is 1. The first kappa shape index (κ1) is 14.4. The molecule has 6 heteroatoms. The highest BCUT2D eigenvalue weighted by molar-refractivity contribution is 7.18. The number of hydrogen-bond acceptors (Lipinski definition) is 6. The Morgan fingerprint density at radius 1 is 1.52 bits per heavy atom. The Bertz CT molecular complexity index is 683. The predicted molar refractivity (Wildman–Crippen MR) is 80.8 cm³/mol. The molecule has 0 aliphatic heterocycles. The normalized spacial score (nSPS) is 20.7. The molecule has 1 aliphatic rings. The van der Waals surface area contributed by atoms with Gasteiger partial charge in [0.25, 0.3) is 0 Å². The molecule has 0 saturated heterocycles. The maximum atomic E-state index is 12.2. The van der Waals surface area contributed by atoms with Crippen LogP contribution in [0.3, 0.4) is 0 Å². The first-order chi connectivity index (χ1) is 10.2. The van der Waals surface area contributed by atoms with E-state index in [1.807, 2.05) is 6.92 Å². The lowest BCUT2D eigenvalue weighted by molar-refractivity contribution is 0.0524. The van der Waals surface area contributed by atoms with Gasteiger partial charge in [0.1, 0.15) is 10.3 Å². The zero-order chi connectivity index (χ0) is 15.0. The molecule has 2 heterocycles. The van der Waals surface area contributed by atoms with E-state index in [9.17, 15) is 4.79 Å². The van der Waals surface area contributed by atoms with Crippen LogP contribution in [0.15, 0.2) is 6.20 Å². The highest BCUT2D eigenvalue weighted by Gasteiger charge is 2.42. The van der Waals surface area contributed by atoms with Crippen LogP contribution < -0.4 is 0 Å². The molecule has 1 saturated carbocycles. The Labute approximate surface area is 127 Å². The first-order valence-electron chi connectivity index (χ1n) is 7.07. The monoisotopic (exact) mass is 306 g/mol. The second-order valence-corrected chi connectivity index (χ2v) is 6.43. The highest BCUT2D eigenvalue weighted by atomic mass is 32.1. The van der Waals surface area contributed by atoms with Crippen LogP contribution in [-0.2, 0) is 9.47 Å². The summed E-state index contributed by atoms with van der Waals surface area (Å²) in [6.45, 7) is 4.83. The van der Waals surface area contributed by atoms with Gasteiger partial charge in [0.05, 0.1) is 17.2 Å². The van der Waals surface area contributed by atoms with Crippen LogP contribution in [0.2, 0.25) is 0 Å². The van der Waals surface area contributed by atoms with Crippen molar-refractivity contribution in [2.24, 2.45) is 5.92 Å². The number of carbonyl (C=O) groups is 1. The van der Waals surface area contributed by atoms with E-state index < -0.39 is 0 Å². The largest absolute Gasteiger partial charge is 0.462 e. The van der Waals surface area contributed by atoms with Gasteiger partial charge in [-0.15, -0.1) is 0 Å². The number of aryl methyl sites for hydroxylation is 1. The van der Waals surface area contributed by atoms with Gasteiger partial charge in [-0.2, -0.15) is 0 Å². The molecular formula is C15H18N2O3S. The fourth-order valence-electron chi connectivity index (χ4n) is 2.75. The lowest BCUT2D eigenvalue weighted by Gasteiger charge is -2.09. The lowest BCUT2D eigenvalue weighted by Crippen LogP contribution is -2.09. The van der Waals surface area contributed by atoms with Crippen molar-refractivity contribution in [3.63, 3.8) is 0 Å². The quantitative estimate of drug-likeness (QED) is 0.795. The summed E-state index contributed by atoms with van der Waals surface area (Å²) in [6, 6.07) is 0. The molecule has 21 heavy (non-hydrogen) atoms. The molecule has 3 rings (SSSR count). The van der Waals surface area contributed by atoms with Crippen molar-refractivity contribution in [1.29, 1.82) is 0 Å². The van der Waals surface area contributed by atoms with Gasteiger partial charge in [-0.05, 0) is 32.1 Å². The van der Waals surface area contributed by atoms with Gasteiger partial charge in [-0.25, -0.2) is 14.8 Å². The van der Waals surface area contributed by atoms with Crippen LogP contribution in [0, 0.1) is 12.8 Å². The van der Waals surface area contributed by atoms with E-state index in [4.69, 9.17) is 9.47 Å². The van der Waals surface area contributed by atoms with E-state index in [-0.39, 0.29) is 5.97 Å². The number of esters is 1. The SMILES string of the molecule is CCOC(=O)c1cnc2sc(C)nc2c1[C@H]1C[C@@H]1COC. The molecule has 2 aromatic rings.